The van der Waals surface area contributed by atoms with Crippen molar-refractivity contribution in [2.45, 2.75) is 38.6 Å². The molecule has 1 saturated carbocycles. The summed E-state index contributed by atoms with van der Waals surface area (Å²) in [6.07, 6.45) is 4.07. The van der Waals surface area contributed by atoms with Crippen molar-refractivity contribution < 1.29 is 13.5 Å². The predicted octanol–water partition coefficient (Wildman–Crippen LogP) is 0.819. The molecule has 2 aliphatic rings. The maximum atomic E-state index is 12.0. The van der Waals surface area contributed by atoms with Crippen LogP contribution in [0.3, 0.4) is 0 Å². The summed E-state index contributed by atoms with van der Waals surface area (Å²) >= 11 is 0. The monoisotopic (exact) mass is 247 g/mol. The minimum Gasteiger partial charge on any atom is -0.396 e. The molecule has 0 aromatic rings. The van der Waals surface area contributed by atoms with Crippen molar-refractivity contribution in [3.8, 4) is 0 Å². The molecule has 0 bridgehead atoms. The van der Waals surface area contributed by atoms with E-state index in [-0.39, 0.29) is 30.2 Å². The van der Waals surface area contributed by atoms with E-state index in [9.17, 15) is 13.5 Å². The van der Waals surface area contributed by atoms with Gasteiger partial charge in [0, 0.05) is 19.2 Å². The molecule has 2 rings (SSSR count). The normalized spacial score (nSPS) is 40.0. The second-order valence-corrected chi connectivity index (χ2v) is 7.21. The van der Waals surface area contributed by atoms with Crippen LogP contribution in [-0.2, 0) is 10.0 Å². The molecule has 1 heterocycles. The van der Waals surface area contributed by atoms with Gasteiger partial charge in [-0.1, -0.05) is 19.8 Å². The molecule has 16 heavy (non-hydrogen) atoms. The van der Waals surface area contributed by atoms with Gasteiger partial charge in [-0.15, -0.1) is 0 Å². The van der Waals surface area contributed by atoms with E-state index in [1.165, 1.54) is 0 Å². The van der Waals surface area contributed by atoms with Gasteiger partial charge in [0.15, 0.2) is 0 Å². The van der Waals surface area contributed by atoms with Crippen LogP contribution in [0, 0.1) is 11.8 Å². The Hall–Kier alpha value is -0.130. The molecule has 1 aliphatic carbocycles. The van der Waals surface area contributed by atoms with Gasteiger partial charge in [-0.25, -0.2) is 8.42 Å². The zero-order chi connectivity index (χ0) is 11.8. The average molecular weight is 247 g/mol. The van der Waals surface area contributed by atoms with Gasteiger partial charge in [0.25, 0.3) is 0 Å². The highest BCUT2D eigenvalue weighted by Gasteiger charge is 2.41. The minimum atomic E-state index is -3.06. The zero-order valence-corrected chi connectivity index (χ0v) is 10.6. The molecule has 1 N–H and O–H groups in total. The van der Waals surface area contributed by atoms with Crippen molar-refractivity contribution in [2.75, 3.05) is 18.9 Å². The number of nitrogens with zero attached hydrogens (tertiary/aromatic N) is 1. The smallest absolute Gasteiger partial charge is 0.214 e. The Bertz CT molecular complexity index is 341. The maximum absolute atomic E-state index is 12.0. The molecule has 0 aromatic carbocycles. The van der Waals surface area contributed by atoms with E-state index in [2.05, 4.69) is 0 Å². The van der Waals surface area contributed by atoms with Crippen LogP contribution in [-0.4, -0.2) is 42.8 Å². The summed E-state index contributed by atoms with van der Waals surface area (Å²) in [7, 11) is -3.06. The molecular weight excluding hydrogens is 226 g/mol. The third kappa shape index (κ3) is 2.26. The van der Waals surface area contributed by atoms with Crippen LogP contribution in [0.1, 0.15) is 32.6 Å². The van der Waals surface area contributed by atoms with E-state index < -0.39 is 10.0 Å². The first kappa shape index (κ1) is 12.3. The Morgan fingerprint density at radius 3 is 2.56 bits per heavy atom. The van der Waals surface area contributed by atoms with E-state index in [0.717, 1.165) is 25.7 Å². The van der Waals surface area contributed by atoms with Crippen LogP contribution in [0.4, 0.5) is 0 Å². The van der Waals surface area contributed by atoms with Gasteiger partial charge in [-0.05, 0) is 24.7 Å². The summed E-state index contributed by atoms with van der Waals surface area (Å²) in [5, 5.41) is 9.34. The SMILES string of the molecule is CC1CN(C2CCCCC2CO)S(=O)(=O)C1. The largest absolute Gasteiger partial charge is 0.396 e. The average Bonchev–Trinajstić information content (AvgIpc) is 2.51. The van der Waals surface area contributed by atoms with Gasteiger partial charge >= 0.3 is 0 Å². The number of sulfonamides is 1. The van der Waals surface area contributed by atoms with Crippen molar-refractivity contribution in [3.05, 3.63) is 0 Å². The lowest BCUT2D eigenvalue weighted by atomic mass is 9.85. The Morgan fingerprint density at radius 2 is 2.00 bits per heavy atom. The molecule has 1 saturated heterocycles. The van der Waals surface area contributed by atoms with Gasteiger partial charge in [-0.3, -0.25) is 0 Å². The highest BCUT2D eigenvalue weighted by atomic mass is 32.2. The Balaban J connectivity index is 2.16. The van der Waals surface area contributed by atoms with Gasteiger partial charge in [-0.2, -0.15) is 4.31 Å². The van der Waals surface area contributed by atoms with E-state index in [1.54, 1.807) is 4.31 Å². The first-order valence-corrected chi connectivity index (χ1v) is 7.76. The predicted molar refractivity (Wildman–Crippen MR) is 62.5 cm³/mol. The maximum Gasteiger partial charge on any atom is 0.214 e. The summed E-state index contributed by atoms with van der Waals surface area (Å²) in [6.45, 7) is 2.74. The Kier molecular flexibility index (Phi) is 3.56. The van der Waals surface area contributed by atoms with Gasteiger partial charge in [0.2, 0.25) is 10.0 Å². The number of hydrogen-bond acceptors (Lipinski definition) is 3. The summed E-state index contributed by atoms with van der Waals surface area (Å²) in [5.74, 6) is 0.655. The molecule has 0 aromatic heterocycles. The van der Waals surface area contributed by atoms with Crippen LogP contribution in [0.25, 0.3) is 0 Å². The zero-order valence-electron chi connectivity index (χ0n) is 9.80. The van der Waals surface area contributed by atoms with Crippen LogP contribution in [0.15, 0.2) is 0 Å². The van der Waals surface area contributed by atoms with E-state index in [0.29, 0.717) is 6.54 Å². The first-order valence-electron chi connectivity index (χ1n) is 6.15. The third-order valence-corrected chi connectivity index (χ3v) is 5.94. The number of hydrogen-bond donors (Lipinski definition) is 1. The topological polar surface area (TPSA) is 57.6 Å². The van der Waals surface area contributed by atoms with Crippen molar-refractivity contribution in [2.24, 2.45) is 11.8 Å². The molecule has 94 valence electrons. The fraction of sp³-hybridized carbons (Fsp3) is 1.00. The van der Waals surface area contributed by atoms with Crippen molar-refractivity contribution in [3.63, 3.8) is 0 Å². The van der Waals surface area contributed by atoms with Gasteiger partial charge in [0.05, 0.1) is 5.75 Å². The lowest BCUT2D eigenvalue weighted by Gasteiger charge is -2.36. The first-order chi connectivity index (χ1) is 7.54. The lowest BCUT2D eigenvalue weighted by molar-refractivity contribution is 0.113. The molecule has 4 nitrogen and oxygen atoms in total. The van der Waals surface area contributed by atoms with E-state index in [4.69, 9.17) is 0 Å². The second-order valence-electron chi connectivity index (χ2n) is 5.25. The van der Waals surface area contributed by atoms with Crippen LogP contribution >= 0.6 is 0 Å². The van der Waals surface area contributed by atoms with Crippen molar-refractivity contribution >= 4 is 10.0 Å². The van der Waals surface area contributed by atoms with Gasteiger partial charge in [0.1, 0.15) is 0 Å². The molecule has 3 unspecified atom stereocenters. The fourth-order valence-corrected chi connectivity index (χ4v) is 5.24. The molecular formula is C11H21NO3S. The highest BCUT2D eigenvalue weighted by Crippen LogP contribution is 2.33. The molecule has 5 heteroatoms. The number of aliphatic hydroxyl groups is 1. The highest BCUT2D eigenvalue weighted by molar-refractivity contribution is 7.89. The molecule has 0 amide bonds. The summed E-state index contributed by atoms with van der Waals surface area (Å²) in [5.41, 5.74) is 0. The summed E-state index contributed by atoms with van der Waals surface area (Å²) < 4.78 is 25.6. The third-order valence-electron chi connectivity index (χ3n) is 3.82. The number of rotatable bonds is 2. The minimum absolute atomic E-state index is 0.0497. The molecule has 0 spiro atoms. The van der Waals surface area contributed by atoms with Crippen LogP contribution in [0.2, 0.25) is 0 Å². The van der Waals surface area contributed by atoms with Crippen molar-refractivity contribution in [1.82, 2.24) is 4.31 Å². The fourth-order valence-electron chi connectivity index (χ4n) is 3.05. The van der Waals surface area contributed by atoms with Gasteiger partial charge < -0.3 is 5.11 Å². The summed E-state index contributed by atoms with van der Waals surface area (Å²) in [4.78, 5) is 0. The quantitative estimate of drug-likeness (QED) is 0.786. The summed E-state index contributed by atoms with van der Waals surface area (Å²) in [6, 6.07) is 0.0497. The molecule has 3 atom stereocenters. The second kappa shape index (κ2) is 4.63. The van der Waals surface area contributed by atoms with Crippen LogP contribution < -0.4 is 0 Å². The van der Waals surface area contributed by atoms with Crippen molar-refractivity contribution in [1.29, 1.82) is 0 Å². The van der Waals surface area contributed by atoms with Crippen LogP contribution in [0.5, 0.6) is 0 Å². The number of aliphatic hydroxyl groups excluding tert-OH is 1. The Morgan fingerprint density at radius 1 is 1.31 bits per heavy atom. The molecule has 2 fully saturated rings. The van der Waals surface area contributed by atoms with E-state index >= 15 is 0 Å². The molecule has 0 radical (unpaired) electrons. The Labute approximate surface area is 97.7 Å². The molecule has 1 aliphatic heterocycles. The standard InChI is InChI=1S/C11H21NO3S/c1-9-6-12(16(14,15)8-9)11-5-3-2-4-10(11)7-13/h9-11,13H,2-8H2,1H3. The van der Waals surface area contributed by atoms with E-state index in [1.807, 2.05) is 6.92 Å². The lowest BCUT2D eigenvalue weighted by Crippen LogP contribution is -2.44.